The Kier molecular flexibility index (Phi) is 6.52. The van der Waals surface area contributed by atoms with Crippen LogP contribution in [-0.2, 0) is 14.8 Å². The van der Waals surface area contributed by atoms with Crippen molar-refractivity contribution in [1.29, 1.82) is 0 Å². The topological polar surface area (TPSA) is 102 Å². The van der Waals surface area contributed by atoms with Gasteiger partial charge in [-0.3, -0.25) is 10.1 Å². The average Bonchev–Trinajstić information content (AvgIpc) is 2.59. The predicted molar refractivity (Wildman–Crippen MR) is 90.7 cm³/mol. The van der Waals surface area contributed by atoms with Crippen LogP contribution in [0, 0.1) is 10.1 Å². The van der Waals surface area contributed by atoms with E-state index in [0.29, 0.717) is 25.4 Å². The van der Waals surface area contributed by atoms with Gasteiger partial charge < -0.3 is 10.1 Å². The van der Waals surface area contributed by atoms with Crippen LogP contribution in [0.5, 0.6) is 0 Å². The standard InChI is InChI=1S/C15H23N3O5S/c1-2-3-4-7-16-14-6-5-13(12-15(14)18(19)20)24(21,22)17-8-10-23-11-9-17/h5-6,12,16H,2-4,7-11H2,1H3. The van der Waals surface area contributed by atoms with E-state index >= 15 is 0 Å². The molecule has 1 aliphatic heterocycles. The molecule has 0 atom stereocenters. The molecule has 0 spiro atoms. The summed E-state index contributed by atoms with van der Waals surface area (Å²) in [5.41, 5.74) is 0.123. The minimum absolute atomic E-state index is 0.0600. The molecule has 9 heteroatoms. The predicted octanol–water partition coefficient (Wildman–Crippen LogP) is 2.22. The fourth-order valence-electron chi connectivity index (χ4n) is 2.51. The van der Waals surface area contributed by atoms with Crippen molar-refractivity contribution in [1.82, 2.24) is 4.31 Å². The lowest BCUT2D eigenvalue weighted by molar-refractivity contribution is -0.384. The Morgan fingerprint density at radius 2 is 2.00 bits per heavy atom. The summed E-state index contributed by atoms with van der Waals surface area (Å²) < 4.78 is 31.6. The minimum atomic E-state index is -3.74. The number of nitro benzene ring substituents is 1. The number of hydrogen-bond donors (Lipinski definition) is 1. The van der Waals surface area contributed by atoms with Crippen LogP contribution in [0.2, 0.25) is 0 Å². The number of rotatable bonds is 8. The third-order valence-corrected chi connectivity index (χ3v) is 5.76. The molecule has 2 rings (SSSR count). The highest BCUT2D eigenvalue weighted by Gasteiger charge is 2.28. The van der Waals surface area contributed by atoms with Gasteiger partial charge in [0.1, 0.15) is 5.69 Å². The summed E-state index contributed by atoms with van der Waals surface area (Å²) in [4.78, 5) is 10.7. The molecule has 1 fully saturated rings. The van der Waals surface area contributed by atoms with Crippen LogP contribution < -0.4 is 5.32 Å². The number of morpholine rings is 1. The van der Waals surface area contributed by atoms with Gasteiger partial charge in [-0.2, -0.15) is 4.31 Å². The molecule has 8 nitrogen and oxygen atoms in total. The molecule has 0 aliphatic carbocycles. The molecule has 1 heterocycles. The molecule has 1 aromatic carbocycles. The average molecular weight is 357 g/mol. The van der Waals surface area contributed by atoms with E-state index in [9.17, 15) is 18.5 Å². The third-order valence-electron chi connectivity index (χ3n) is 3.87. The second-order valence-electron chi connectivity index (χ2n) is 5.59. The molecule has 0 saturated carbocycles. The van der Waals surface area contributed by atoms with Crippen molar-refractivity contribution >= 4 is 21.4 Å². The number of nitro groups is 1. The molecule has 0 radical (unpaired) electrons. The first-order valence-electron chi connectivity index (χ1n) is 8.07. The van der Waals surface area contributed by atoms with E-state index in [1.165, 1.54) is 16.4 Å². The fourth-order valence-corrected chi connectivity index (χ4v) is 3.94. The zero-order valence-electron chi connectivity index (χ0n) is 13.7. The first kappa shape index (κ1) is 18.6. The Hall–Kier alpha value is -1.71. The lowest BCUT2D eigenvalue weighted by atomic mass is 10.2. The van der Waals surface area contributed by atoms with E-state index < -0.39 is 14.9 Å². The SMILES string of the molecule is CCCCCNc1ccc(S(=O)(=O)N2CCOCC2)cc1[N+](=O)[O-]. The molecule has 1 saturated heterocycles. The molecular formula is C15H23N3O5S. The van der Waals surface area contributed by atoms with Crippen molar-refractivity contribution in [2.24, 2.45) is 0 Å². The summed E-state index contributed by atoms with van der Waals surface area (Å²) >= 11 is 0. The lowest BCUT2D eigenvalue weighted by Crippen LogP contribution is -2.40. The van der Waals surface area contributed by atoms with Crippen molar-refractivity contribution in [3.63, 3.8) is 0 Å². The first-order valence-corrected chi connectivity index (χ1v) is 9.51. The van der Waals surface area contributed by atoms with E-state index in [1.807, 2.05) is 0 Å². The largest absolute Gasteiger partial charge is 0.379 e. The Balaban J connectivity index is 2.22. The number of benzene rings is 1. The van der Waals surface area contributed by atoms with Crippen molar-refractivity contribution in [2.45, 2.75) is 31.1 Å². The Bertz CT molecular complexity index is 672. The van der Waals surface area contributed by atoms with Gasteiger partial charge in [-0.15, -0.1) is 0 Å². The summed E-state index contributed by atoms with van der Waals surface area (Å²) in [6.07, 6.45) is 2.99. The number of hydrogen-bond acceptors (Lipinski definition) is 6. The van der Waals surface area contributed by atoms with Crippen molar-refractivity contribution in [3.05, 3.63) is 28.3 Å². The van der Waals surface area contributed by atoms with Crippen LogP contribution in [0.3, 0.4) is 0 Å². The summed E-state index contributed by atoms with van der Waals surface area (Å²) in [5.74, 6) is 0. The van der Waals surface area contributed by atoms with Crippen molar-refractivity contribution < 1.29 is 18.1 Å². The van der Waals surface area contributed by atoms with Gasteiger partial charge in [0, 0.05) is 25.7 Å². The number of unbranched alkanes of at least 4 members (excludes halogenated alkanes) is 2. The van der Waals surface area contributed by atoms with Crippen molar-refractivity contribution in [2.75, 3.05) is 38.2 Å². The lowest BCUT2D eigenvalue weighted by Gasteiger charge is -2.26. The molecule has 0 amide bonds. The van der Waals surface area contributed by atoms with Gasteiger partial charge in [-0.1, -0.05) is 19.8 Å². The molecule has 1 N–H and O–H groups in total. The third kappa shape index (κ3) is 4.43. The van der Waals surface area contributed by atoms with Crippen LogP contribution in [0.4, 0.5) is 11.4 Å². The van der Waals surface area contributed by atoms with E-state index in [0.717, 1.165) is 25.3 Å². The molecule has 134 valence electrons. The maximum absolute atomic E-state index is 12.6. The van der Waals surface area contributed by atoms with Crippen LogP contribution in [0.25, 0.3) is 0 Å². The molecule has 0 unspecified atom stereocenters. The maximum atomic E-state index is 12.6. The van der Waals surface area contributed by atoms with Crippen LogP contribution in [-0.4, -0.2) is 50.5 Å². The highest BCUT2D eigenvalue weighted by atomic mass is 32.2. The van der Waals surface area contributed by atoms with Gasteiger partial charge in [-0.25, -0.2) is 8.42 Å². The van der Waals surface area contributed by atoms with E-state index in [-0.39, 0.29) is 23.7 Å². The molecule has 0 aromatic heterocycles. The Morgan fingerprint density at radius 3 is 2.62 bits per heavy atom. The Labute approximate surface area is 142 Å². The number of nitrogens with zero attached hydrogens (tertiary/aromatic N) is 2. The Morgan fingerprint density at radius 1 is 1.29 bits per heavy atom. The molecule has 1 aliphatic rings. The summed E-state index contributed by atoms with van der Waals surface area (Å²) in [5, 5.41) is 14.3. The van der Waals surface area contributed by atoms with E-state index in [4.69, 9.17) is 4.74 Å². The zero-order valence-corrected chi connectivity index (χ0v) is 14.5. The number of anilines is 1. The fraction of sp³-hybridized carbons (Fsp3) is 0.600. The second kappa shape index (κ2) is 8.41. The monoisotopic (exact) mass is 357 g/mol. The van der Waals surface area contributed by atoms with Crippen LogP contribution >= 0.6 is 0 Å². The number of ether oxygens (including phenoxy) is 1. The maximum Gasteiger partial charge on any atom is 0.293 e. The van der Waals surface area contributed by atoms with Gasteiger partial charge in [0.2, 0.25) is 10.0 Å². The highest BCUT2D eigenvalue weighted by molar-refractivity contribution is 7.89. The van der Waals surface area contributed by atoms with Gasteiger partial charge in [0.05, 0.1) is 23.0 Å². The first-order chi connectivity index (χ1) is 11.5. The van der Waals surface area contributed by atoms with Crippen LogP contribution in [0.15, 0.2) is 23.1 Å². The van der Waals surface area contributed by atoms with E-state index in [1.54, 1.807) is 0 Å². The van der Waals surface area contributed by atoms with E-state index in [2.05, 4.69) is 12.2 Å². The molecular weight excluding hydrogens is 334 g/mol. The second-order valence-corrected chi connectivity index (χ2v) is 7.52. The normalized spacial score (nSPS) is 16.0. The van der Waals surface area contributed by atoms with Gasteiger partial charge in [-0.05, 0) is 18.6 Å². The van der Waals surface area contributed by atoms with Gasteiger partial charge >= 0.3 is 0 Å². The minimum Gasteiger partial charge on any atom is -0.379 e. The summed E-state index contributed by atoms with van der Waals surface area (Å²) in [6.45, 7) is 3.87. The molecule has 24 heavy (non-hydrogen) atoms. The van der Waals surface area contributed by atoms with Crippen molar-refractivity contribution in [3.8, 4) is 0 Å². The summed E-state index contributed by atoms with van der Waals surface area (Å²) in [6, 6.07) is 4.02. The quantitative estimate of drug-likeness (QED) is 0.435. The number of nitrogens with one attached hydrogen (secondary N) is 1. The van der Waals surface area contributed by atoms with Crippen LogP contribution in [0.1, 0.15) is 26.2 Å². The van der Waals surface area contributed by atoms with Gasteiger partial charge in [0.15, 0.2) is 0 Å². The van der Waals surface area contributed by atoms with Gasteiger partial charge in [0.25, 0.3) is 5.69 Å². The highest BCUT2D eigenvalue weighted by Crippen LogP contribution is 2.29. The zero-order chi connectivity index (χ0) is 17.6. The summed E-state index contributed by atoms with van der Waals surface area (Å²) in [7, 11) is -3.74. The molecule has 0 bridgehead atoms. The number of sulfonamides is 1. The molecule has 1 aromatic rings. The smallest absolute Gasteiger partial charge is 0.293 e.